The minimum Gasteiger partial charge on any atom is -0.463 e. The number of benzene rings is 1. The molecule has 1 aromatic rings. The lowest BCUT2D eigenvalue weighted by Gasteiger charge is -2.44. The minimum atomic E-state index is -1.29. The monoisotopic (exact) mass is 506 g/mol. The highest BCUT2D eigenvalue weighted by Crippen LogP contribution is 2.31. The van der Waals surface area contributed by atoms with Crippen molar-refractivity contribution in [1.82, 2.24) is 9.96 Å². The molecule has 0 saturated carbocycles. The van der Waals surface area contributed by atoms with Gasteiger partial charge in [0.1, 0.15) is 19.4 Å². The fourth-order valence-electron chi connectivity index (χ4n) is 3.84. The van der Waals surface area contributed by atoms with E-state index in [9.17, 15) is 19.2 Å². The predicted molar refractivity (Wildman–Crippen MR) is 121 cm³/mol. The third-order valence-electron chi connectivity index (χ3n) is 5.18. The highest BCUT2D eigenvalue weighted by atomic mass is 16.8. The summed E-state index contributed by atoms with van der Waals surface area (Å²) in [6.45, 7) is 5.32. The molecular formula is C24H30N2O10. The molecule has 12 nitrogen and oxygen atoms in total. The molecule has 1 fully saturated rings. The third kappa shape index (κ3) is 7.68. The quantitative estimate of drug-likeness (QED) is 0.353. The molecule has 0 aromatic heterocycles. The van der Waals surface area contributed by atoms with Crippen molar-refractivity contribution in [3.05, 3.63) is 48.3 Å². The number of hydrogen-bond acceptors (Lipinski definition) is 12. The maximum Gasteiger partial charge on any atom is 0.303 e. The van der Waals surface area contributed by atoms with Crippen LogP contribution in [-0.4, -0.2) is 77.8 Å². The molecule has 1 saturated heterocycles. The molecule has 36 heavy (non-hydrogen) atoms. The Morgan fingerprint density at radius 1 is 0.833 bits per heavy atom. The van der Waals surface area contributed by atoms with Gasteiger partial charge in [0.05, 0.1) is 0 Å². The predicted octanol–water partition coefficient (Wildman–Crippen LogP) is 1.25. The van der Waals surface area contributed by atoms with Crippen LogP contribution in [0.25, 0.3) is 0 Å². The van der Waals surface area contributed by atoms with Crippen molar-refractivity contribution in [3.63, 3.8) is 0 Å². The van der Waals surface area contributed by atoms with Gasteiger partial charge < -0.3 is 28.6 Å². The second-order valence-electron chi connectivity index (χ2n) is 8.26. The Kier molecular flexibility index (Phi) is 9.25. The summed E-state index contributed by atoms with van der Waals surface area (Å²) in [6, 6.07) is 9.82. The van der Waals surface area contributed by atoms with Gasteiger partial charge >= 0.3 is 23.9 Å². The lowest BCUT2D eigenvalue weighted by atomic mass is 9.98. The Hall–Kier alpha value is -3.64. The number of hydrogen-bond donors (Lipinski definition) is 0. The number of ether oxygens (including phenoxy) is 5. The second kappa shape index (κ2) is 12.4. The fourth-order valence-corrected chi connectivity index (χ4v) is 3.84. The number of esters is 4. The van der Waals surface area contributed by atoms with Gasteiger partial charge in [0, 0.05) is 46.6 Å². The molecule has 3 rings (SSSR count). The molecule has 196 valence electrons. The summed E-state index contributed by atoms with van der Waals surface area (Å²) in [4.78, 5) is 55.0. The van der Waals surface area contributed by atoms with Crippen LogP contribution in [0.2, 0.25) is 0 Å². The summed E-state index contributed by atoms with van der Waals surface area (Å²) < 4.78 is 27.2. The molecule has 12 heteroatoms. The number of carbonyl (C=O) groups is 4. The van der Waals surface area contributed by atoms with E-state index in [0.29, 0.717) is 13.2 Å². The molecule has 0 bridgehead atoms. The molecule has 2 aliphatic rings. The number of nitrogens with zero attached hydrogens (tertiary/aromatic N) is 2. The van der Waals surface area contributed by atoms with Crippen molar-refractivity contribution in [2.45, 2.75) is 64.9 Å². The average Bonchev–Trinajstić information content (AvgIpc) is 3.23. The number of carbonyl (C=O) groups excluding carboxylic acids is 4. The van der Waals surface area contributed by atoms with Gasteiger partial charge in [0.15, 0.2) is 18.3 Å². The Balaban J connectivity index is 1.81. The van der Waals surface area contributed by atoms with Crippen molar-refractivity contribution in [1.29, 1.82) is 0 Å². The highest BCUT2D eigenvalue weighted by molar-refractivity contribution is 5.68. The maximum absolute atomic E-state index is 11.9. The zero-order valence-corrected chi connectivity index (χ0v) is 20.5. The van der Waals surface area contributed by atoms with Gasteiger partial charge in [0.2, 0.25) is 6.29 Å². The van der Waals surface area contributed by atoms with E-state index in [-0.39, 0.29) is 6.61 Å². The van der Waals surface area contributed by atoms with Gasteiger partial charge in [-0.3, -0.25) is 19.2 Å². The number of hydroxylamine groups is 2. The van der Waals surface area contributed by atoms with Crippen molar-refractivity contribution >= 4 is 23.9 Å². The van der Waals surface area contributed by atoms with Crippen LogP contribution in [0.4, 0.5) is 0 Å². The summed E-state index contributed by atoms with van der Waals surface area (Å²) in [5, 5.41) is 1.46. The summed E-state index contributed by atoms with van der Waals surface area (Å²) in [5.74, 6) is -2.70. The minimum absolute atomic E-state index is 0.321. The van der Waals surface area contributed by atoms with E-state index in [4.69, 9.17) is 28.5 Å². The summed E-state index contributed by atoms with van der Waals surface area (Å²) >= 11 is 0. The van der Waals surface area contributed by atoms with Crippen LogP contribution in [0.15, 0.2) is 42.7 Å². The van der Waals surface area contributed by atoms with E-state index < -0.39 is 54.6 Å². The van der Waals surface area contributed by atoms with Gasteiger partial charge in [-0.15, -0.1) is 0 Å². The Labute approximate surface area is 208 Å². The second-order valence-corrected chi connectivity index (χ2v) is 8.26. The largest absolute Gasteiger partial charge is 0.463 e. The van der Waals surface area contributed by atoms with E-state index in [0.717, 1.165) is 19.4 Å². The summed E-state index contributed by atoms with van der Waals surface area (Å²) in [7, 11) is 0. The normalized spacial score (nSPS) is 25.3. The van der Waals surface area contributed by atoms with Gasteiger partial charge in [-0.25, -0.2) is 9.90 Å². The smallest absolute Gasteiger partial charge is 0.303 e. The van der Waals surface area contributed by atoms with E-state index in [1.54, 1.807) is 6.20 Å². The molecule has 0 amide bonds. The highest BCUT2D eigenvalue weighted by Gasteiger charge is 2.53. The van der Waals surface area contributed by atoms with Gasteiger partial charge in [0.25, 0.3) is 0 Å². The molecule has 5 atom stereocenters. The molecular weight excluding hydrogens is 476 g/mol. The molecule has 0 radical (unpaired) electrons. The third-order valence-corrected chi connectivity index (χ3v) is 5.18. The van der Waals surface area contributed by atoms with Crippen molar-refractivity contribution < 1.29 is 47.7 Å². The Morgan fingerprint density at radius 2 is 1.44 bits per heavy atom. The SMILES string of the molecule is CC(=O)OC[C@H]1O[C@@H](ON2C=CN(Cc3ccccc3)C2)[C@H](OC(C)=O)[C@@H](OC(C)=O)[C@@H]1OC(C)=O. The summed E-state index contributed by atoms with van der Waals surface area (Å²) in [5.41, 5.74) is 1.09. The van der Waals surface area contributed by atoms with Crippen LogP contribution in [0.3, 0.4) is 0 Å². The van der Waals surface area contributed by atoms with Crippen LogP contribution < -0.4 is 0 Å². The Bertz CT molecular complexity index is 969. The van der Waals surface area contributed by atoms with Crippen molar-refractivity contribution in [2.75, 3.05) is 13.3 Å². The summed E-state index contributed by atoms with van der Waals surface area (Å²) in [6.07, 6.45) is -2.70. The van der Waals surface area contributed by atoms with Crippen molar-refractivity contribution in [3.8, 4) is 0 Å². The average molecular weight is 507 g/mol. The molecule has 2 heterocycles. The van der Waals surface area contributed by atoms with Crippen LogP contribution in [0, 0.1) is 0 Å². The molecule has 0 N–H and O–H groups in total. The van der Waals surface area contributed by atoms with E-state index in [2.05, 4.69) is 0 Å². The maximum atomic E-state index is 11.9. The first-order chi connectivity index (χ1) is 17.1. The van der Waals surface area contributed by atoms with Crippen LogP contribution in [0.1, 0.15) is 33.3 Å². The number of rotatable bonds is 9. The molecule has 0 aliphatic carbocycles. The topological polar surface area (TPSA) is 130 Å². The van der Waals surface area contributed by atoms with Crippen molar-refractivity contribution in [2.24, 2.45) is 0 Å². The molecule has 0 unspecified atom stereocenters. The lowest BCUT2D eigenvalue weighted by molar-refractivity contribution is -0.355. The zero-order valence-electron chi connectivity index (χ0n) is 20.5. The first-order valence-corrected chi connectivity index (χ1v) is 11.3. The zero-order chi connectivity index (χ0) is 26.2. The van der Waals surface area contributed by atoms with E-state index >= 15 is 0 Å². The Morgan fingerprint density at radius 3 is 2.06 bits per heavy atom. The lowest BCUT2D eigenvalue weighted by Crippen LogP contribution is -2.63. The van der Waals surface area contributed by atoms with Crippen LogP contribution >= 0.6 is 0 Å². The van der Waals surface area contributed by atoms with Gasteiger partial charge in [-0.05, 0) is 5.56 Å². The van der Waals surface area contributed by atoms with Gasteiger partial charge in [-0.1, -0.05) is 30.3 Å². The standard InChI is InChI=1S/C24H30N2O10/c1-15(27)31-13-20-21(32-16(2)28)22(33-17(3)29)23(34-18(4)30)24(35-20)36-26-11-10-25(14-26)12-19-8-6-5-7-9-19/h5-11,20-24H,12-14H2,1-4H3/t20-,21-,22+,23-,24+/m1/s1. The molecule has 1 aromatic carbocycles. The molecule has 2 aliphatic heterocycles. The van der Waals surface area contributed by atoms with Crippen LogP contribution in [0.5, 0.6) is 0 Å². The van der Waals surface area contributed by atoms with Gasteiger partial charge in [-0.2, -0.15) is 0 Å². The first kappa shape index (κ1) is 27.0. The van der Waals surface area contributed by atoms with E-state index in [1.807, 2.05) is 41.4 Å². The molecule has 0 spiro atoms. The van der Waals surface area contributed by atoms with Crippen LogP contribution in [-0.2, 0) is 54.2 Å². The fraction of sp³-hybridized carbons (Fsp3) is 0.500. The first-order valence-electron chi connectivity index (χ1n) is 11.3. The van der Waals surface area contributed by atoms with E-state index in [1.165, 1.54) is 18.9 Å².